The van der Waals surface area contributed by atoms with E-state index in [2.05, 4.69) is 45.4 Å². The molecule has 0 amide bonds. The van der Waals surface area contributed by atoms with Gasteiger partial charge in [0.2, 0.25) is 0 Å². The fraction of sp³-hybridized carbons (Fsp3) is 0.800. The number of rotatable bonds is 7. The van der Waals surface area contributed by atoms with Crippen LogP contribution in [0.4, 0.5) is 0 Å². The molecule has 0 spiro atoms. The first kappa shape index (κ1) is 14.3. The van der Waals surface area contributed by atoms with Crippen molar-refractivity contribution in [1.29, 1.82) is 0 Å². The number of nitrogens with zero attached hydrogens (tertiary/aromatic N) is 2. The van der Waals surface area contributed by atoms with Crippen LogP contribution in [0, 0.1) is 0 Å². The largest absolute Gasteiger partial charge is 0.266 e. The zero-order chi connectivity index (χ0) is 12.8. The van der Waals surface area contributed by atoms with Crippen molar-refractivity contribution in [2.24, 2.45) is 0 Å². The van der Waals surface area contributed by atoms with Crippen molar-refractivity contribution in [2.75, 3.05) is 0 Å². The van der Waals surface area contributed by atoms with E-state index in [-0.39, 0.29) is 0 Å². The summed E-state index contributed by atoms with van der Waals surface area (Å²) in [5.74, 6) is 0.569. The molecule has 0 N–H and O–H groups in total. The second kappa shape index (κ2) is 6.83. The summed E-state index contributed by atoms with van der Waals surface area (Å²) in [5.41, 5.74) is 2.65. The smallest absolute Gasteiger partial charge is 0.0625 e. The summed E-state index contributed by atoms with van der Waals surface area (Å²) in [6.45, 7) is 11.2. The highest BCUT2D eigenvalue weighted by atomic mass is 15.3. The van der Waals surface area contributed by atoms with Gasteiger partial charge in [0.25, 0.3) is 0 Å². The first-order chi connectivity index (χ1) is 8.13. The standard InChI is InChI=1S/C15H28N2/c1-6-9-14(10-7-2)17-15(12(4)5)11-13(8-3)16-17/h11-12,14H,6-10H2,1-5H3. The molecule has 0 radical (unpaired) electrons. The van der Waals surface area contributed by atoms with Crippen molar-refractivity contribution in [2.45, 2.75) is 78.7 Å². The van der Waals surface area contributed by atoms with Gasteiger partial charge in [-0.25, -0.2) is 0 Å². The van der Waals surface area contributed by atoms with Gasteiger partial charge >= 0.3 is 0 Å². The predicted molar refractivity (Wildman–Crippen MR) is 74.5 cm³/mol. The molecule has 17 heavy (non-hydrogen) atoms. The summed E-state index contributed by atoms with van der Waals surface area (Å²) < 4.78 is 2.32. The molecule has 0 atom stereocenters. The van der Waals surface area contributed by atoms with E-state index < -0.39 is 0 Å². The minimum atomic E-state index is 0.569. The van der Waals surface area contributed by atoms with Crippen LogP contribution in [0.25, 0.3) is 0 Å². The third kappa shape index (κ3) is 3.58. The van der Waals surface area contributed by atoms with E-state index in [0.29, 0.717) is 12.0 Å². The van der Waals surface area contributed by atoms with Gasteiger partial charge in [-0.2, -0.15) is 5.10 Å². The molecule has 0 aromatic carbocycles. The Bertz CT molecular complexity index is 320. The molecule has 0 unspecified atom stereocenters. The van der Waals surface area contributed by atoms with E-state index >= 15 is 0 Å². The van der Waals surface area contributed by atoms with Crippen LogP contribution >= 0.6 is 0 Å². The van der Waals surface area contributed by atoms with Crippen LogP contribution in [0.2, 0.25) is 0 Å². The first-order valence-corrected chi connectivity index (χ1v) is 7.22. The zero-order valence-electron chi connectivity index (χ0n) is 12.2. The minimum absolute atomic E-state index is 0.569. The number of aromatic nitrogens is 2. The van der Waals surface area contributed by atoms with E-state index in [0.717, 1.165) is 6.42 Å². The van der Waals surface area contributed by atoms with Gasteiger partial charge in [-0.3, -0.25) is 4.68 Å². The van der Waals surface area contributed by atoms with Crippen LogP contribution in [0.3, 0.4) is 0 Å². The third-order valence-electron chi connectivity index (χ3n) is 3.36. The second-order valence-corrected chi connectivity index (χ2v) is 5.24. The van der Waals surface area contributed by atoms with Crippen molar-refractivity contribution < 1.29 is 0 Å². The molecule has 1 rings (SSSR count). The topological polar surface area (TPSA) is 17.8 Å². The summed E-state index contributed by atoms with van der Waals surface area (Å²) in [6.07, 6.45) is 6.02. The molecule has 0 saturated heterocycles. The molecule has 0 aliphatic rings. The third-order valence-corrected chi connectivity index (χ3v) is 3.36. The van der Waals surface area contributed by atoms with Crippen LogP contribution in [0.5, 0.6) is 0 Å². The van der Waals surface area contributed by atoms with Crippen LogP contribution in [0.15, 0.2) is 6.07 Å². The van der Waals surface area contributed by atoms with E-state index in [1.807, 2.05) is 0 Å². The molecule has 1 heterocycles. The van der Waals surface area contributed by atoms with Gasteiger partial charge in [0.1, 0.15) is 0 Å². The number of hydrogen-bond donors (Lipinski definition) is 0. The van der Waals surface area contributed by atoms with Gasteiger partial charge in [-0.1, -0.05) is 47.5 Å². The van der Waals surface area contributed by atoms with Crippen molar-refractivity contribution in [3.05, 3.63) is 17.5 Å². The lowest BCUT2D eigenvalue weighted by Crippen LogP contribution is -2.14. The minimum Gasteiger partial charge on any atom is -0.266 e. The maximum Gasteiger partial charge on any atom is 0.0625 e. The molecule has 2 heteroatoms. The van der Waals surface area contributed by atoms with Crippen LogP contribution < -0.4 is 0 Å². The molecule has 0 aliphatic heterocycles. The Morgan fingerprint density at radius 2 is 1.71 bits per heavy atom. The van der Waals surface area contributed by atoms with Gasteiger partial charge in [-0.05, 0) is 31.2 Å². The van der Waals surface area contributed by atoms with Crippen LogP contribution in [0.1, 0.15) is 83.6 Å². The fourth-order valence-corrected chi connectivity index (χ4v) is 2.41. The molecule has 0 aliphatic carbocycles. The fourth-order valence-electron chi connectivity index (χ4n) is 2.41. The SMILES string of the molecule is CCCC(CCC)n1nc(CC)cc1C(C)C. The van der Waals surface area contributed by atoms with Gasteiger partial charge < -0.3 is 0 Å². The van der Waals surface area contributed by atoms with E-state index in [4.69, 9.17) is 5.10 Å². The molecule has 98 valence electrons. The predicted octanol–water partition coefficient (Wildman–Crippen LogP) is 4.71. The Labute approximate surface area is 106 Å². The average molecular weight is 236 g/mol. The lowest BCUT2D eigenvalue weighted by molar-refractivity contribution is 0.374. The van der Waals surface area contributed by atoms with Crippen LogP contribution in [-0.4, -0.2) is 9.78 Å². The van der Waals surface area contributed by atoms with Crippen molar-refractivity contribution in [3.63, 3.8) is 0 Å². The molecule has 0 saturated carbocycles. The summed E-state index contributed by atoms with van der Waals surface area (Å²) in [5, 5.41) is 4.80. The van der Waals surface area contributed by atoms with Crippen LogP contribution in [-0.2, 0) is 6.42 Å². The Hall–Kier alpha value is -0.790. The van der Waals surface area contributed by atoms with Crippen molar-refractivity contribution >= 4 is 0 Å². The van der Waals surface area contributed by atoms with E-state index in [1.165, 1.54) is 37.1 Å². The van der Waals surface area contributed by atoms with Gasteiger partial charge in [0.15, 0.2) is 0 Å². The molecule has 1 aromatic rings. The normalized spacial score (nSPS) is 11.7. The Morgan fingerprint density at radius 1 is 1.12 bits per heavy atom. The second-order valence-electron chi connectivity index (χ2n) is 5.24. The first-order valence-electron chi connectivity index (χ1n) is 7.22. The molecule has 1 aromatic heterocycles. The highest BCUT2D eigenvalue weighted by molar-refractivity contribution is 5.14. The lowest BCUT2D eigenvalue weighted by atomic mass is 10.0. The molecular formula is C15H28N2. The Balaban J connectivity index is 3.02. The van der Waals surface area contributed by atoms with Crippen molar-refractivity contribution in [1.82, 2.24) is 9.78 Å². The molecule has 0 fully saturated rings. The molecular weight excluding hydrogens is 208 g/mol. The summed E-state index contributed by atoms with van der Waals surface area (Å²) in [4.78, 5) is 0. The zero-order valence-corrected chi connectivity index (χ0v) is 12.2. The van der Waals surface area contributed by atoms with E-state index in [9.17, 15) is 0 Å². The summed E-state index contributed by atoms with van der Waals surface area (Å²) in [7, 11) is 0. The van der Waals surface area contributed by atoms with Crippen molar-refractivity contribution in [3.8, 4) is 0 Å². The Kier molecular flexibility index (Phi) is 5.73. The summed E-state index contributed by atoms with van der Waals surface area (Å²) in [6, 6.07) is 2.89. The Morgan fingerprint density at radius 3 is 2.12 bits per heavy atom. The van der Waals surface area contributed by atoms with Gasteiger partial charge in [0, 0.05) is 5.69 Å². The number of hydrogen-bond acceptors (Lipinski definition) is 1. The van der Waals surface area contributed by atoms with Gasteiger partial charge in [0.05, 0.1) is 11.7 Å². The maximum atomic E-state index is 4.80. The van der Waals surface area contributed by atoms with Gasteiger partial charge in [-0.15, -0.1) is 0 Å². The quantitative estimate of drug-likeness (QED) is 0.670. The van der Waals surface area contributed by atoms with E-state index in [1.54, 1.807) is 0 Å². The average Bonchev–Trinajstić information content (AvgIpc) is 2.72. The lowest BCUT2D eigenvalue weighted by Gasteiger charge is -2.20. The highest BCUT2D eigenvalue weighted by Gasteiger charge is 2.17. The monoisotopic (exact) mass is 236 g/mol. The molecule has 0 bridgehead atoms. The summed E-state index contributed by atoms with van der Waals surface area (Å²) >= 11 is 0. The highest BCUT2D eigenvalue weighted by Crippen LogP contribution is 2.26. The number of aryl methyl sites for hydroxylation is 1. The molecule has 2 nitrogen and oxygen atoms in total. The maximum absolute atomic E-state index is 4.80.